The number of hydrogen-bond acceptors (Lipinski definition) is 5. The molecule has 4 nitrogen and oxygen atoms in total. The second-order valence-electron chi connectivity index (χ2n) is 5.69. The van der Waals surface area contributed by atoms with E-state index < -0.39 is 0 Å². The number of hydrogen-bond donors (Lipinski definition) is 1. The van der Waals surface area contributed by atoms with E-state index in [0.717, 1.165) is 36.7 Å². The number of aromatic nitrogens is 2. The van der Waals surface area contributed by atoms with Crippen LogP contribution >= 0.6 is 11.3 Å². The number of aryl methyl sites for hydroxylation is 1. The number of nitrogens with zero attached hydrogens (tertiary/aromatic N) is 3. The lowest BCUT2D eigenvalue weighted by atomic mass is 10.2. The van der Waals surface area contributed by atoms with Gasteiger partial charge in [0.15, 0.2) is 0 Å². The highest BCUT2D eigenvalue weighted by atomic mass is 32.1. The summed E-state index contributed by atoms with van der Waals surface area (Å²) in [6.45, 7) is 8.96. The third-order valence-corrected chi connectivity index (χ3v) is 4.17. The van der Waals surface area contributed by atoms with Crippen LogP contribution in [0.25, 0.3) is 0 Å². The van der Waals surface area contributed by atoms with Gasteiger partial charge in [0.2, 0.25) is 0 Å². The summed E-state index contributed by atoms with van der Waals surface area (Å²) in [5.74, 6) is 0. The zero-order valence-corrected chi connectivity index (χ0v) is 14.1. The Labute approximate surface area is 131 Å². The molecule has 0 aliphatic carbocycles. The molecule has 0 amide bonds. The molecule has 2 heterocycles. The lowest BCUT2D eigenvalue weighted by molar-refractivity contribution is 0.316. The fourth-order valence-electron chi connectivity index (χ4n) is 2.08. The average Bonchev–Trinajstić information content (AvgIpc) is 2.82. The number of rotatable bonds is 7. The number of pyridine rings is 1. The Morgan fingerprint density at radius 2 is 2.00 bits per heavy atom. The molecule has 5 heteroatoms. The van der Waals surface area contributed by atoms with Gasteiger partial charge in [0.25, 0.3) is 0 Å². The van der Waals surface area contributed by atoms with E-state index in [1.165, 1.54) is 4.88 Å². The van der Waals surface area contributed by atoms with Crippen molar-refractivity contribution in [3.05, 3.63) is 45.7 Å². The highest BCUT2D eigenvalue weighted by Gasteiger charge is 2.07. The predicted molar refractivity (Wildman–Crippen MR) is 88.2 cm³/mol. The maximum Gasteiger partial charge on any atom is 0.0798 e. The van der Waals surface area contributed by atoms with Gasteiger partial charge in [-0.2, -0.15) is 0 Å². The molecule has 0 saturated carbocycles. The first-order valence-electron chi connectivity index (χ1n) is 7.30. The zero-order chi connectivity index (χ0) is 15.2. The number of nitrogens with one attached hydrogen (secondary N) is 1. The van der Waals surface area contributed by atoms with Gasteiger partial charge in [-0.15, -0.1) is 11.3 Å². The van der Waals surface area contributed by atoms with E-state index in [1.54, 1.807) is 11.3 Å². The molecule has 0 unspecified atom stereocenters. The molecule has 0 saturated heterocycles. The molecule has 1 N–H and O–H groups in total. The summed E-state index contributed by atoms with van der Waals surface area (Å²) in [6.07, 6.45) is 0. The minimum Gasteiger partial charge on any atom is -0.309 e. The summed E-state index contributed by atoms with van der Waals surface area (Å²) < 4.78 is 0. The summed E-state index contributed by atoms with van der Waals surface area (Å²) in [5, 5.41) is 3.40. The molecule has 0 aromatic carbocycles. The summed E-state index contributed by atoms with van der Waals surface area (Å²) in [5.41, 5.74) is 5.26. The fraction of sp³-hybridized carbons (Fsp3) is 0.500. The van der Waals surface area contributed by atoms with E-state index in [-0.39, 0.29) is 0 Å². The van der Waals surface area contributed by atoms with E-state index in [0.29, 0.717) is 6.04 Å². The Morgan fingerprint density at radius 3 is 2.67 bits per heavy atom. The molecular formula is C16H24N4S. The van der Waals surface area contributed by atoms with Crippen LogP contribution in [0.1, 0.15) is 35.8 Å². The first kappa shape index (κ1) is 16.1. The van der Waals surface area contributed by atoms with Crippen molar-refractivity contribution in [2.75, 3.05) is 7.05 Å². The van der Waals surface area contributed by atoms with Gasteiger partial charge >= 0.3 is 0 Å². The van der Waals surface area contributed by atoms with Crippen LogP contribution in [0.5, 0.6) is 0 Å². The first-order chi connectivity index (χ1) is 10.0. The van der Waals surface area contributed by atoms with E-state index in [1.807, 2.05) is 5.51 Å². The van der Waals surface area contributed by atoms with Gasteiger partial charge in [-0.25, -0.2) is 4.98 Å². The van der Waals surface area contributed by atoms with Gasteiger partial charge in [-0.1, -0.05) is 19.9 Å². The van der Waals surface area contributed by atoms with Crippen LogP contribution in [0.3, 0.4) is 0 Å². The molecule has 0 aliphatic rings. The van der Waals surface area contributed by atoms with E-state index in [2.05, 4.69) is 61.2 Å². The lowest BCUT2D eigenvalue weighted by Gasteiger charge is -2.16. The highest BCUT2D eigenvalue weighted by molar-refractivity contribution is 7.09. The largest absolute Gasteiger partial charge is 0.309 e. The average molecular weight is 304 g/mol. The van der Waals surface area contributed by atoms with E-state index >= 15 is 0 Å². The predicted octanol–water partition coefficient (Wildman–Crippen LogP) is 2.98. The van der Waals surface area contributed by atoms with Crippen molar-refractivity contribution in [2.45, 2.75) is 46.4 Å². The molecule has 0 fully saturated rings. The molecule has 0 atom stereocenters. The highest BCUT2D eigenvalue weighted by Crippen LogP contribution is 2.15. The summed E-state index contributed by atoms with van der Waals surface area (Å²) in [6, 6.07) is 6.74. The van der Waals surface area contributed by atoms with Gasteiger partial charge in [-0.05, 0) is 26.1 Å². The molecule has 0 bridgehead atoms. The van der Waals surface area contributed by atoms with Gasteiger partial charge < -0.3 is 5.32 Å². The van der Waals surface area contributed by atoms with Crippen LogP contribution < -0.4 is 5.32 Å². The zero-order valence-electron chi connectivity index (χ0n) is 13.3. The van der Waals surface area contributed by atoms with Crippen LogP contribution in [-0.4, -0.2) is 28.0 Å². The van der Waals surface area contributed by atoms with Crippen molar-refractivity contribution in [1.82, 2.24) is 20.2 Å². The van der Waals surface area contributed by atoms with Gasteiger partial charge in [0.1, 0.15) is 0 Å². The maximum absolute atomic E-state index is 4.72. The standard InChI is InChI=1S/C16H24N4S/c1-12(2)17-8-14-6-5-7-15(19-14)9-20(4)10-16-13(3)18-11-21-16/h5-7,11-12,17H,8-10H2,1-4H3. The lowest BCUT2D eigenvalue weighted by Crippen LogP contribution is -2.23. The molecule has 21 heavy (non-hydrogen) atoms. The minimum atomic E-state index is 0.479. The van der Waals surface area contributed by atoms with E-state index in [4.69, 9.17) is 4.98 Å². The van der Waals surface area contributed by atoms with Crippen molar-refractivity contribution >= 4 is 11.3 Å². The molecule has 2 aromatic rings. The maximum atomic E-state index is 4.72. The molecule has 0 radical (unpaired) electrons. The van der Waals surface area contributed by atoms with Crippen molar-refractivity contribution in [1.29, 1.82) is 0 Å². The third kappa shape index (κ3) is 5.19. The Balaban J connectivity index is 1.92. The van der Waals surface area contributed by atoms with Crippen molar-refractivity contribution in [3.8, 4) is 0 Å². The molecule has 0 spiro atoms. The van der Waals surface area contributed by atoms with Crippen LogP contribution in [0.15, 0.2) is 23.7 Å². The first-order valence-corrected chi connectivity index (χ1v) is 8.18. The van der Waals surface area contributed by atoms with Gasteiger partial charge in [0.05, 0.1) is 22.6 Å². The molecule has 2 aromatic heterocycles. The fourth-order valence-corrected chi connectivity index (χ4v) is 2.94. The van der Waals surface area contributed by atoms with Crippen LogP contribution in [0.4, 0.5) is 0 Å². The second-order valence-corrected chi connectivity index (χ2v) is 6.63. The van der Waals surface area contributed by atoms with Crippen molar-refractivity contribution in [3.63, 3.8) is 0 Å². The number of thiazole rings is 1. The van der Waals surface area contributed by atoms with Gasteiger partial charge in [-0.3, -0.25) is 9.88 Å². The van der Waals surface area contributed by atoms with Crippen molar-refractivity contribution in [2.24, 2.45) is 0 Å². The summed E-state index contributed by atoms with van der Waals surface area (Å²) >= 11 is 1.72. The Morgan fingerprint density at radius 1 is 1.24 bits per heavy atom. The second kappa shape index (κ2) is 7.64. The Hall–Kier alpha value is -1.30. The molecule has 0 aliphatic heterocycles. The van der Waals surface area contributed by atoms with Crippen LogP contribution in [0.2, 0.25) is 0 Å². The van der Waals surface area contributed by atoms with Crippen LogP contribution in [0, 0.1) is 6.92 Å². The quantitative estimate of drug-likeness (QED) is 0.854. The SMILES string of the molecule is Cc1ncsc1CN(C)Cc1cccc(CNC(C)C)n1. The molecule has 2 rings (SSSR count). The Bertz CT molecular complexity index is 565. The van der Waals surface area contributed by atoms with E-state index in [9.17, 15) is 0 Å². The topological polar surface area (TPSA) is 41.1 Å². The monoisotopic (exact) mass is 304 g/mol. The van der Waals surface area contributed by atoms with Gasteiger partial charge in [0, 0.05) is 30.6 Å². The molecular weight excluding hydrogens is 280 g/mol. The third-order valence-electron chi connectivity index (χ3n) is 3.25. The van der Waals surface area contributed by atoms with Crippen molar-refractivity contribution < 1.29 is 0 Å². The summed E-state index contributed by atoms with van der Waals surface area (Å²) in [7, 11) is 2.12. The normalized spacial score (nSPS) is 11.5. The minimum absolute atomic E-state index is 0.479. The summed E-state index contributed by atoms with van der Waals surface area (Å²) in [4.78, 5) is 12.6. The smallest absolute Gasteiger partial charge is 0.0798 e. The Kier molecular flexibility index (Phi) is 5.85. The molecule has 114 valence electrons. The van der Waals surface area contributed by atoms with Crippen LogP contribution in [-0.2, 0) is 19.6 Å².